The summed E-state index contributed by atoms with van der Waals surface area (Å²) < 4.78 is 53.8. The summed E-state index contributed by atoms with van der Waals surface area (Å²) in [6, 6.07) is 9.29. The van der Waals surface area contributed by atoms with E-state index in [0.29, 0.717) is 36.2 Å². The molecule has 10 heteroatoms. The first kappa shape index (κ1) is 26.2. The van der Waals surface area contributed by atoms with Crippen molar-refractivity contribution in [2.75, 3.05) is 20.2 Å². The standard InChI is InChI=1S/C27H29F3N2O5/c1-26(2,3)37-25(34)31-11-9-18(10-12-31)19-13-20-16-32(24(33)23(20)22(14-19)35-4)15-17-5-7-21(8-6-17)36-27(28,29)30/h5-9,13-14,16,33H,10-12,15H2,1-4H3. The second kappa shape index (κ2) is 9.91. The Hall–Kier alpha value is -3.82. The number of carbonyl (C=O) groups is 1. The maximum Gasteiger partial charge on any atom is 0.573 e. The molecule has 198 valence electrons. The van der Waals surface area contributed by atoms with E-state index in [1.165, 1.54) is 31.4 Å². The maximum absolute atomic E-state index is 12.4. The van der Waals surface area contributed by atoms with Crippen molar-refractivity contribution in [1.82, 2.24) is 9.47 Å². The molecule has 0 unspecified atom stereocenters. The number of ether oxygens (including phenoxy) is 3. The zero-order chi connectivity index (χ0) is 27.0. The number of alkyl halides is 3. The molecule has 1 aliphatic heterocycles. The molecule has 1 aliphatic rings. The second-order valence-electron chi connectivity index (χ2n) is 9.82. The zero-order valence-electron chi connectivity index (χ0n) is 21.1. The van der Waals surface area contributed by atoms with Gasteiger partial charge in [0.1, 0.15) is 17.1 Å². The number of aromatic nitrogens is 1. The van der Waals surface area contributed by atoms with Gasteiger partial charge in [0.15, 0.2) is 0 Å². The number of aromatic hydroxyl groups is 1. The smallest absolute Gasteiger partial charge is 0.496 e. The van der Waals surface area contributed by atoms with E-state index >= 15 is 0 Å². The molecule has 0 radical (unpaired) electrons. The molecule has 1 amide bonds. The predicted molar refractivity (Wildman–Crippen MR) is 133 cm³/mol. The van der Waals surface area contributed by atoms with Crippen LogP contribution in [0.15, 0.2) is 48.7 Å². The molecule has 0 saturated heterocycles. The van der Waals surface area contributed by atoms with Crippen molar-refractivity contribution >= 4 is 22.4 Å². The number of hydrogen-bond acceptors (Lipinski definition) is 5. The molecule has 0 spiro atoms. The Morgan fingerprint density at radius 1 is 1.11 bits per heavy atom. The van der Waals surface area contributed by atoms with E-state index in [1.54, 1.807) is 15.7 Å². The van der Waals surface area contributed by atoms with Crippen LogP contribution in [-0.4, -0.2) is 52.8 Å². The summed E-state index contributed by atoms with van der Waals surface area (Å²) in [5, 5.41) is 12.2. The zero-order valence-corrected chi connectivity index (χ0v) is 21.1. The molecule has 0 bridgehead atoms. The van der Waals surface area contributed by atoms with E-state index in [1.807, 2.05) is 39.0 Å². The molecule has 1 aromatic heterocycles. The third-order valence-corrected chi connectivity index (χ3v) is 5.88. The Kier molecular flexibility index (Phi) is 7.03. The molecule has 37 heavy (non-hydrogen) atoms. The van der Waals surface area contributed by atoms with Crippen molar-refractivity contribution in [1.29, 1.82) is 0 Å². The quantitative estimate of drug-likeness (QED) is 0.428. The van der Waals surface area contributed by atoms with Gasteiger partial charge in [-0.1, -0.05) is 18.2 Å². The van der Waals surface area contributed by atoms with Crippen LogP contribution in [0, 0.1) is 0 Å². The third-order valence-electron chi connectivity index (χ3n) is 5.88. The highest BCUT2D eigenvalue weighted by atomic mass is 19.4. The van der Waals surface area contributed by atoms with Gasteiger partial charge in [0.05, 0.1) is 19.0 Å². The van der Waals surface area contributed by atoms with Crippen molar-refractivity contribution in [3.63, 3.8) is 0 Å². The maximum atomic E-state index is 12.4. The topological polar surface area (TPSA) is 73.2 Å². The number of methoxy groups -OCH3 is 1. The van der Waals surface area contributed by atoms with Crippen LogP contribution in [0.4, 0.5) is 18.0 Å². The van der Waals surface area contributed by atoms with Crippen LogP contribution in [0.3, 0.4) is 0 Å². The van der Waals surface area contributed by atoms with Gasteiger partial charge in [0, 0.05) is 24.7 Å². The molecule has 1 N–H and O–H groups in total. The van der Waals surface area contributed by atoms with Crippen LogP contribution in [0.5, 0.6) is 17.4 Å². The fourth-order valence-corrected chi connectivity index (χ4v) is 4.23. The average Bonchev–Trinajstić information content (AvgIpc) is 3.13. The summed E-state index contributed by atoms with van der Waals surface area (Å²) in [5.41, 5.74) is 2.08. The second-order valence-corrected chi connectivity index (χ2v) is 9.82. The summed E-state index contributed by atoms with van der Waals surface area (Å²) in [5.74, 6) is 0.173. The first-order valence-corrected chi connectivity index (χ1v) is 11.7. The van der Waals surface area contributed by atoms with E-state index in [4.69, 9.17) is 9.47 Å². The fourth-order valence-electron chi connectivity index (χ4n) is 4.23. The van der Waals surface area contributed by atoms with Gasteiger partial charge in [-0.15, -0.1) is 13.2 Å². The molecule has 2 heterocycles. The first-order valence-electron chi connectivity index (χ1n) is 11.7. The monoisotopic (exact) mass is 518 g/mol. The minimum absolute atomic E-state index is 0.0113. The number of benzene rings is 2. The molecule has 0 fully saturated rings. The van der Waals surface area contributed by atoms with Crippen molar-refractivity contribution in [3.8, 4) is 17.4 Å². The lowest BCUT2D eigenvalue weighted by Crippen LogP contribution is -2.39. The summed E-state index contributed by atoms with van der Waals surface area (Å²) in [7, 11) is 1.52. The molecule has 0 aliphatic carbocycles. The number of carbonyl (C=O) groups excluding carboxylic acids is 1. The van der Waals surface area contributed by atoms with Crippen molar-refractivity contribution in [2.24, 2.45) is 0 Å². The summed E-state index contributed by atoms with van der Waals surface area (Å²) in [4.78, 5) is 14.0. The normalized spacial score (nSPS) is 14.5. The average molecular weight is 519 g/mol. The Morgan fingerprint density at radius 3 is 2.38 bits per heavy atom. The number of halogens is 3. The molecule has 4 rings (SSSR count). The summed E-state index contributed by atoms with van der Waals surface area (Å²) in [6.45, 7) is 6.66. The van der Waals surface area contributed by atoms with Gasteiger partial charge >= 0.3 is 12.5 Å². The highest BCUT2D eigenvalue weighted by Gasteiger charge is 2.31. The summed E-state index contributed by atoms with van der Waals surface area (Å²) >= 11 is 0. The van der Waals surface area contributed by atoms with E-state index < -0.39 is 12.0 Å². The van der Waals surface area contributed by atoms with Crippen molar-refractivity contribution in [2.45, 2.75) is 45.7 Å². The van der Waals surface area contributed by atoms with Crippen LogP contribution >= 0.6 is 0 Å². The number of fused-ring (bicyclic) bond motifs is 1. The van der Waals surface area contributed by atoms with Crippen LogP contribution in [0.1, 0.15) is 38.3 Å². The van der Waals surface area contributed by atoms with Gasteiger partial charge in [-0.3, -0.25) is 0 Å². The SMILES string of the molecule is COc1cc(C2=CCN(C(=O)OC(C)(C)C)CC2)cc2cn(Cc3ccc(OC(F)(F)F)cc3)c(O)c12. The number of rotatable bonds is 5. The minimum atomic E-state index is -4.76. The molecule has 2 aromatic carbocycles. The molecular weight excluding hydrogens is 489 g/mol. The van der Waals surface area contributed by atoms with Crippen molar-refractivity contribution in [3.05, 3.63) is 59.8 Å². The molecule has 0 saturated carbocycles. The van der Waals surface area contributed by atoms with Crippen LogP contribution in [-0.2, 0) is 11.3 Å². The van der Waals surface area contributed by atoms with Crippen LogP contribution < -0.4 is 9.47 Å². The van der Waals surface area contributed by atoms with E-state index in [2.05, 4.69) is 4.74 Å². The Labute approximate surface area is 212 Å². The first-order chi connectivity index (χ1) is 17.3. The lowest BCUT2D eigenvalue weighted by molar-refractivity contribution is -0.274. The van der Waals surface area contributed by atoms with Gasteiger partial charge in [0.25, 0.3) is 0 Å². The predicted octanol–water partition coefficient (Wildman–Crippen LogP) is 6.33. The molecule has 0 atom stereocenters. The van der Waals surface area contributed by atoms with Gasteiger partial charge in [-0.2, -0.15) is 0 Å². The third kappa shape index (κ3) is 6.31. The van der Waals surface area contributed by atoms with Gasteiger partial charge < -0.3 is 28.8 Å². The Bertz CT molecular complexity index is 1320. The minimum Gasteiger partial charge on any atom is -0.496 e. The summed E-state index contributed by atoms with van der Waals surface area (Å²) in [6.07, 6.45) is -0.723. The van der Waals surface area contributed by atoms with Crippen LogP contribution in [0.2, 0.25) is 0 Å². The highest BCUT2D eigenvalue weighted by Crippen LogP contribution is 2.39. The number of amides is 1. The molecule has 7 nitrogen and oxygen atoms in total. The number of hydrogen-bond donors (Lipinski definition) is 1. The van der Waals surface area contributed by atoms with Gasteiger partial charge in [0.2, 0.25) is 5.88 Å². The van der Waals surface area contributed by atoms with E-state index in [0.717, 1.165) is 16.5 Å². The largest absolute Gasteiger partial charge is 0.573 e. The number of nitrogens with zero attached hydrogens (tertiary/aromatic N) is 2. The molecular formula is C27H29F3N2O5. The Balaban J connectivity index is 1.56. The highest BCUT2D eigenvalue weighted by molar-refractivity contribution is 5.96. The van der Waals surface area contributed by atoms with E-state index in [-0.39, 0.29) is 24.3 Å². The van der Waals surface area contributed by atoms with E-state index in [9.17, 15) is 23.1 Å². The van der Waals surface area contributed by atoms with Crippen molar-refractivity contribution < 1.29 is 37.3 Å². The molecule has 3 aromatic rings. The van der Waals surface area contributed by atoms with Gasteiger partial charge in [-0.25, -0.2) is 4.79 Å². The fraction of sp³-hybridized carbons (Fsp3) is 0.370. The Morgan fingerprint density at radius 2 is 1.81 bits per heavy atom. The lowest BCUT2D eigenvalue weighted by Gasteiger charge is -2.29. The van der Waals surface area contributed by atoms with Crippen LogP contribution in [0.25, 0.3) is 16.3 Å². The lowest BCUT2D eigenvalue weighted by atomic mass is 9.97. The van der Waals surface area contributed by atoms with Gasteiger partial charge in [-0.05, 0) is 68.2 Å².